The molecule has 0 bridgehead atoms. The molecule has 0 radical (unpaired) electrons. The van der Waals surface area contributed by atoms with Gasteiger partial charge in [0.2, 0.25) is 5.91 Å². The van der Waals surface area contributed by atoms with E-state index < -0.39 is 0 Å². The van der Waals surface area contributed by atoms with Crippen molar-refractivity contribution in [1.29, 1.82) is 5.41 Å². The van der Waals surface area contributed by atoms with Crippen LogP contribution in [0.1, 0.15) is 32.0 Å². The first-order chi connectivity index (χ1) is 13.0. The van der Waals surface area contributed by atoms with E-state index in [-0.39, 0.29) is 16.3 Å². The van der Waals surface area contributed by atoms with Crippen molar-refractivity contribution < 1.29 is 4.79 Å². The predicted molar refractivity (Wildman–Crippen MR) is 115 cm³/mol. The normalized spacial score (nSPS) is 17.9. The molecule has 0 saturated carbocycles. The number of nitrogens with zero attached hydrogens (tertiary/aromatic N) is 3. The summed E-state index contributed by atoms with van der Waals surface area (Å²) in [7, 11) is 0. The topological polar surface area (TPSA) is 85.7 Å². The highest BCUT2D eigenvalue weighted by molar-refractivity contribution is 8.16. The Kier molecular flexibility index (Phi) is 7.75. The molecule has 1 amide bonds. The van der Waals surface area contributed by atoms with Crippen LogP contribution in [0.4, 0.5) is 5.13 Å². The minimum absolute atomic E-state index is 0.0510. The summed E-state index contributed by atoms with van der Waals surface area (Å²) < 4.78 is 0. The van der Waals surface area contributed by atoms with Gasteiger partial charge in [0, 0.05) is 11.6 Å². The molecule has 2 aromatic heterocycles. The number of hydrogen-bond acceptors (Lipinski definition) is 6. The Labute approximate surface area is 167 Å². The highest BCUT2D eigenvalue weighted by Crippen LogP contribution is 2.31. The fourth-order valence-corrected chi connectivity index (χ4v) is 3.83. The number of aromatic amines is 1. The fourth-order valence-electron chi connectivity index (χ4n) is 2.30. The largest absolute Gasteiger partial charge is 0.278 e. The minimum Gasteiger partial charge on any atom is -0.278 e. The van der Waals surface area contributed by atoms with Gasteiger partial charge < -0.3 is 0 Å². The van der Waals surface area contributed by atoms with Gasteiger partial charge in [0.1, 0.15) is 0 Å². The first kappa shape index (κ1) is 20.9. The molecule has 1 fully saturated rings. The Morgan fingerprint density at radius 1 is 1.37 bits per heavy atom. The third-order valence-corrected chi connectivity index (χ3v) is 5.32. The highest BCUT2D eigenvalue weighted by atomic mass is 32.2. The van der Waals surface area contributed by atoms with E-state index in [4.69, 9.17) is 5.41 Å². The third-order valence-electron chi connectivity index (χ3n) is 3.60. The summed E-state index contributed by atoms with van der Waals surface area (Å²) in [6, 6.07) is 0. The second kappa shape index (κ2) is 10.0. The molecular formula is C19H23N5OS2. The van der Waals surface area contributed by atoms with E-state index in [0.29, 0.717) is 5.13 Å². The predicted octanol–water partition coefficient (Wildman–Crippen LogP) is 4.80. The molecule has 2 N–H and O–H groups in total. The fraction of sp³-hybridized carbons (Fsp3) is 0.263. The zero-order valence-electron chi connectivity index (χ0n) is 15.8. The van der Waals surface area contributed by atoms with Crippen LogP contribution in [0.5, 0.6) is 0 Å². The molecule has 0 aromatic carbocycles. The van der Waals surface area contributed by atoms with E-state index >= 15 is 0 Å². The summed E-state index contributed by atoms with van der Waals surface area (Å²) in [6.07, 6.45) is 13.7. The summed E-state index contributed by atoms with van der Waals surface area (Å²) in [4.78, 5) is 16.9. The molecule has 3 rings (SSSR count). The van der Waals surface area contributed by atoms with Crippen molar-refractivity contribution in [1.82, 2.24) is 15.2 Å². The van der Waals surface area contributed by atoms with Gasteiger partial charge in [-0.2, -0.15) is 5.10 Å². The van der Waals surface area contributed by atoms with Crippen LogP contribution in [-0.2, 0) is 4.79 Å². The lowest BCUT2D eigenvalue weighted by Gasteiger charge is -2.09. The number of aromatic nitrogens is 3. The zero-order valence-corrected chi connectivity index (χ0v) is 17.4. The number of allylic oxidation sites excluding steroid dienone is 6. The van der Waals surface area contributed by atoms with Gasteiger partial charge in [-0.25, -0.2) is 9.88 Å². The van der Waals surface area contributed by atoms with Crippen molar-refractivity contribution >= 4 is 44.9 Å². The number of amidine groups is 1. The van der Waals surface area contributed by atoms with Gasteiger partial charge in [-0.05, 0) is 38.8 Å². The maximum absolute atomic E-state index is 11.5. The molecule has 3 heterocycles. The van der Waals surface area contributed by atoms with E-state index in [0.717, 1.165) is 11.3 Å². The Morgan fingerprint density at radius 3 is 2.63 bits per heavy atom. The number of rotatable bonds is 4. The van der Waals surface area contributed by atoms with E-state index in [1.807, 2.05) is 45.2 Å². The van der Waals surface area contributed by atoms with Crippen LogP contribution in [0.25, 0.3) is 5.57 Å². The number of aryl methyl sites for hydroxylation is 1. The van der Waals surface area contributed by atoms with Crippen LogP contribution >= 0.6 is 23.1 Å². The van der Waals surface area contributed by atoms with Crippen LogP contribution in [0.15, 0.2) is 48.2 Å². The quantitative estimate of drug-likeness (QED) is 0.721. The molecule has 0 aliphatic carbocycles. The molecule has 8 heteroatoms. The van der Waals surface area contributed by atoms with Crippen molar-refractivity contribution in [2.75, 3.05) is 4.90 Å². The zero-order chi connectivity index (χ0) is 19.8. The van der Waals surface area contributed by atoms with Gasteiger partial charge in [0.15, 0.2) is 10.3 Å². The standard InChI is InChI=1S/C12H16N2.C7H7N3OS2/c1-4-6-8-11(7-5-2)12-10(3)9-13-14-12;1-4-5(11)10(6(8)13-4)7-9-2-3-12-7/h4-9H,1-3H3,(H,13,14);2-4,8H,1H3/b6-4-,7-5-,11-8+;. The molecule has 1 aliphatic rings. The Balaban J connectivity index is 0.000000194. The molecule has 27 heavy (non-hydrogen) atoms. The Hall–Kier alpha value is -2.45. The van der Waals surface area contributed by atoms with Gasteiger partial charge in [-0.3, -0.25) is 15.3 Å². The van der Waals surface area contributed by atoms with Crippen LogP contribution in [0.3, 0.4) is 0 Å². The van der Waals surface area contributed by atoms with Crippen LogP contribution < -0.4 is 4.90 Å². The van der Waals surface area contributed by atoms with Crippen molar-refractivity contribution in [3.63, 3.8) is 0 Å². The monoisotopic (exact) mass is 401 g/mol. The molecule has 0 spiro atoms. The van der Waals surface area contributed by atoms with E-state index in [2.05, 4.69) is 27.3 Å². The summed E-state index contributed by atoms with van der Waals surface area (Å²) in [6.45, 7) is 7.86. The molecular weight excluding hydrogens is 378 g/mol. The van der Waals surface area contributed by atoms with Gasteiger partial charge >= 0.3 is 0 Å². The lowest BCUT2D eigenvalue weighted by Crippen LogP contribution is -2.30. The lowest BCUT2D eigenvalue weighted by atomic mass is 10.1. The van der Waals surface area contributed by atoms with Crippen molar-refractivity contribution in [2.24, 2.45) is 0 Å². The third kappa shape index (κ3) is 5.27. The summed E-state index contributed by atoms with van der Waals surface area (Å²) >= 11 is 2.63. The van der Waals surface area contributed by atoms with Crippen LogP contribution in [0, 0.1) is 12.3 Å². The van der Waals surface area contributed by atoms with Crippen molar-refractivity contribution in [2.45, 2.75) is 32.9 Å². The Morgan fingerprint density at radius 2 is 2.15 bits per heavy atom. The molecule has 1 unspecified atom stereocenters. The lowest BCUT2D eigenvalue weighted by molar-refractivity contribution is -0.116. The van der Waals surface area contributed by atoms with Gasteiger partial charge in [-0.1, -0.05) is 42.1 Å². The average molecular weight is 402 g/mol. The number of amides is 1. The number of H-pyrrole nitrogens is 1. The first-order valence-electron chi connectivity index (χ1n) is 8.44. The van der Waals surface area contributed by atoms with Gasteiger partial charge in [-0.15, -0.1) is 11.3 Å². The molecule has 2 aromatic rings. The van der Waals surface area contributed by atoms with E-state index in [9.17, 15) is 4.79 Å². The van der Waals surface area contributed by atoms with Gasteiger partial charge in [0.25, 0.3) is 0 Å². The summed E-state index contributed by atoms with van der Waals surface area (Å²) in [5.41, 5.74) is 3.40. The maximum Gasteiger partial charge on any atom is 0.248 e. The molecule has 1 atom stereocenters. The number of thioether (sulfide) groups is 1. The summed E-state index contributed by atoms with van der Waals surface area (Å²) in [5, 5.41) is 17.1. The molecule has 142 valence electrons. The number of carbonyl (C=O) groups is 1. The number of carbonyl (C=O) groups excluding carboxylic acids is 1. The SMILES string of the molecule is CC1SC(=N)N(c2nccs2)C1=O.C\C=C/C=C(\C=C/C)c1[nH]ncc1C. The Bertz CT molecular complexity index is 865. The van der Waals surface area contributed by atoms with E-state index in [1.165, 1.54) is 33.6 Å². The van der Waals surface area contributed by atoms with Crippen molar-refractivity contribution in [3.8, 4) is 0 Å². The number of hydrogen-bond donors (Lipinski definition) is 2. The number of anilines is 1. The van der Waals surface area contributed by atoms with E-state index in [1.54, 1.807) is 18.5 Å². The second-order valence-corrected chi connectivity index (χ2v) is 7.83. The smallest absolute Gasteiger partial charge is 0.248 e. The average Bonchev–Trinajstić information content (AvgIpc) is 3.35. The number of nitrogens with one attached hydrogen (secondary N) is 2. The van der Waals surface area contributed by atoms with Gasteiger partial charge in [0.05, 0.1) is 17.1 Å². The second-order valence-electron chi connectivity index (χ2n) is 5.63. The molecule has 1 saturated heterocycles. The molecule has 1 aliphatic heterocycles. The maximum atomic E-state index is 11.5. The van der Waals surface area contributed by atoms with Crippen LogP contribution in [0.2, 0.25) is 0 Å². The van der Waals surface area contributed by atoms with Crippen LogP contribution in [-0.4, -0.2) is 31.5 Å². The highest BCUT2D eigenvalue weighted by Gasteiger charge is 2.36. The van der Waals surface area contributed by atoms with Crippen molar-refractivity contribution in [3.05, 3.63) is 59.4 Å². The number of thiazole rings is 1. The molecule has 6 nitrogen and oxygen atoms in total. The minimum atomic E-state index is -0.156. The first-order valence-corrected chi connectivity index (χ1v) is 10.2. The summed E-state index contributed by atoms with van der Waals surface area (Å²) in [5.74, 6) is -0.0510.